The number of hydrogen-bond acceptors (Lipinski definition) is 3. The molecule has 0 aliphatic carbocycles. The Morgan fingerprint density at radius 1 is 1.57 bits per heavy atom. The summed E-state index contributed by atoms with van der Waals surface area (Å²) < 4.78 is 1.46. The van der Waals surface area contributed by atoms with Gasteiger partial charge in [-0.1, -0.05) is 20.4 Å². The summed E-state index contributed by atoms with van der Waals surface area (Å²) >= 11 is 0. The molecule has 5 heteroatoms. The molecule has 78 valence electrons. The minimum absolute atomic E-state index is 0.291. The Balaban J connectivity index is 0.000000791. The summed E-state index contributed by atoms with van der Waals surface area (Å²) in [6.07, 6.45) is 3.34. The van der Waals surface area contributed by atoms with Gasteiger partial charge in [0.2, 0.25) is 5.96 Å². The van der Waals surface area contributed by atoms with Crippen molar-refractivity contribution in [2.24, 2.45) is 10.7 Å². The van der Waals surface area contributed by atoms with Crippen LogP contribution in [0, 0.1) is 0 Å². The van der Waals surface area contributed by atoms with Gasteiger partial charge in [0.25, 0.3) is 0 Å². The fraction of sp³-hybridized carbons (Fsp3) is 0.333. The van der Waals surface area contributed by atoms with Crippen molar-refractivity contribution in [1.82, 2.24) is 15.1 Å². The molecule has 3 N–H and O–H groups in total. The normalized spacial score (nSPS) is 10.1. The van der Waals surface area contributed by atoms with Gasteiger partial charge < -0.3 is 11.1 Å². The van der Waals surface area contributed by atoms with Crippen LogP contribution in [0.5, 0.6) is 0 Å². The van der Waals surface area contributed by atoms with E-state index in [1.54, 1.807) is 25.5 Å². The van der Waals surface area contributed by atoms with E-state index in [0.29, 0.717) is 11.8 Å². The van der Waals surface area contributed by atoms with Gasteiger partial charge in [0, 0.05) is 19.4 Å². The van der Waals surface area contributed by atoms with Gasteiger partial charge in [-0.15, -0.1) is 0 Å². The Kier molecular flexibility index (Phi) is 5.85. The molecular weight excluding hydrogens is 178 g/mol. The fourth-order valence-corrected chi connectivity index (χ4v) is 0.650. The molecule has 0 saturated heterocycles. The molecule has 0 bridgehead atoms. The molecule has 0 saturated carbocycles. The smallest absolute Gasteiger partial charge is 0.223 e. The van der Waals surface area contributed by atoms with Crippen LogP contribution in [-0.4, -0.2) is 22.8 Å². The second-order valence-corrected chi connectivity index (χ2v) is 2.12. The number of rotatable bonds is 2. The molecule has 5 nitrogen and oxygen atoms in total. The number of nitrogens with one attached hydrogen (secondary N) is 1. The van der Waals surface area contributed by atoms with Crippen LogP contribution in [0.25, 0.3) is 0 Å². The summed E-state index contributed by atoms with van der Waals surface area (Å²) in [7, 11) is 1.72. The Morgan fingerprint density at radius 3 is 2.64 bits per heavy atom. The predicted octanol–water partition coefficient (Wildman–Crippen LogP) is 0.763. The van der Waals surface area contributed by atoms with Crippen LogP contribution < -0.4 is 11.1 Å². The second-order valence-electron chi connectivity index (χ2n) is 2.12. The molecule has 0 atom stereocenters. The van der Waals surface area contributed by atoms with Crippen molar-refractivity contribution in [3.8, 4) is 0 Å². The third-order valence-electron chi connectivity index (χ3n) is 1.28. The predicted molar refractivity (Wildman–Crippen MR) is 58.8 cm³/mol. The van der Waals surface area contributed by atoms with E-state index >= 15 is 0 Å². The fourth-order valence-electron chi connectivity index (χ4n) is 0.650. The molecular formula is C9H17N5. The molecule has 0 spiro atoms. The maximum atomic E-state index is 5.57. The molecule has 0 fully saturated rings. The van der Waals surface area contributed by atoms with E-state index in [-0.39, 0.29) is 0 Å². The average molecular weight is 195 g/mol. The van der Waals surface area contributed by atoms with Crippen LogP contribution in [0.1, 0.15) is 13.8 Å². The number of hydrogen-bond donors (Lipinski definition) is 2. The van der Waals surface area contributed by atoms with E-state index in [4.69, 9.17) is 5.73 Å². The lowest BCUT2D eigenvalue weighted by Gasteiger charge is -2.00. The van der Waals surface area contributed by atoms with Crippen molar-refractivity contribution in [3.63, 3.8) is 0 Å². The summed E-state index contributed by atoms with van der Waals surface area (Å²) in [5.41, 5.74) is 5.57. The maximum absolute atomic E-state index is 5.57. The van der Waals surface area contributed by atoms with Crippen molar-refractivity contribution in [2.75, 3.05) is 7.05 Å². The lowest BCUT2D eigenvalue weighted by atomic mass is 10.7. The van der Waals surface area contributed by atoms with Crippen molar-refractivity contribution in [2.45, 2.75) is 13.8 Å². The number of aromatic nitrogens is 2. The van der Waals surface area contributed by atoms with Gasteiger partial charge in [0.05, 0.1) is 0 Å². The zero-order valence-corrected chi connectivity index (χ0v) is 8.86. The molecule has 1 rings (SSSR count). The Bertz CT molecular complexity index is 286. The SMILES string of the molecule is C=C(N=C(N)n1cccn1)NC.CC. The summed E-state index contributed by atoms with van der Waals surface area (Å²) in [6, 6.07) is 1.77. The first kappa shape index (κ1) is 12.2. The van der Waals surface area contributed by atoms with Crippen molar-refractivity contribution in [3.05, 3.63) is 30.9 Å². The van der Waals surface area contributed by atoms with Gasteiger partial charge in [0.1, 0.15) is 5.82 Å². The zero-order chi connectivity index (χ0) is 11.0. The lowest BCUT2D eigenvalue weighted by Crippen LogP contribution is -2.24. The summed E-state index contributed by atoms with van der Waals surface area (Å²) in [6.45, 7) is 7.60. The quantitative estimate of drug-likeness (QED) is 0.541. The molecule has 1 heterocycles. The van der Waals surface area contributed by atoms with Crippen molar-refractivity contribution >= 4 is 5.96 Å². The first-order chi connectivity index (χ1) is 6.74. The minimum atomic E-state index is 0.291. The second kappa shape index (κ2) is 6.71. The van der Waals surface area contributed by atoms with E-state index in [0.717, 1.165) is 0 Å². The van der Waals surface area contributed by atoms with Gasteiger partial charge in [-0.25, -0.2) is 4.68 Å². The first-order valence-corrected chi connectivity index (χ1v) is 4.45. The molecule has 0 amide bonds. The number of aliphatic imine (C=N–C) groups is 1. The van der Waals surface area contributed by atoms with Crippen molar-refractivity contribution < 1.29 is 0 Å². The average Bonchev–Trinajstić information content (AvgIpc) is 2.73. The van der Waals surface area contributed by atoms with Gasteiger partial charge in [-0.05, 0) is 6.07 Å². The summed E-state index contributed by atoms with van der Waals surface area (Å²) in [5.74, 6) is 0.794. The maximum Gasteiger partial charge on any atom is 0.223 e. The highest BCUT2D eigenvalue weighted by Crippen LogP contribution is 1.87. The largest absolute Gasteiger partial charge is 0.374 e. The van der Waals surface area contributed by atoms with Gasteiger partial charge in [-0.2, -0.15) is 10.1 Å². The third-order valence-corrected chi connectivity index (χ3v) is 1.28. The van der Waals surface area contributed by atoms with E-state index in [1.165, 1.54) is 4.68 Å². The number of nitrogens with zero attached hydrogens (tertiary/aromatic N) is 3. The van der Waals surface area contributed by atoms with E-state index in [2.05, 4.69) is 22.0 Å². The summed E-state index contributed by atoms with van der Waals surface area (Å²) in [4.78, 5) is 3.93. The molecule has 0 radical (unpaired) electrons. The summed E-state index contributed by atoms with van der Waals surface area (Å²) in [5, 5.41) is 6.65. The molecule has 0 aliphatic heterocycles. The van der Waals surface area contributed by atoms with E-state index in [9.17, 15) is 0 Å². The highest BCUT2D eigenvalue weighted by atomic mass is 15.3. The lowest BCUT2D eigenvalue weighted by molar-refractivity contribution is 0.895. The van der Waals surface area contributed by atoms with Crippen LogP contribution in [-0.2, 0) is 0 Å². The van der Waals surface area contributed by atoms with E-state index in [1.807, 2.05) is 13.8 Å². The van der Waals surface area contributed by atoms with Gasteiger partial charge >= 0.3 is 0 Å². The van der Waals surface area contributed by atoms with Crippen LogP contribution in [0.2, 0.25) is 0 Å². The van der Waals surface area contributed by atoms with Crippen LogP contribution in [0.4, 0.5) is 0 Å². The third kappa shape index (κ3) is 3.75. The Hall–Kier alpha value is -1.78. The van der Waals surface area contributed by atoms with E-state index < -0.39 is 0 Å². The monoisotopic (exact) mass is 195 g/mol. The first-order valence-electron chi connectivity index (χ1n) is 4.45. The standard InChI is InChI=1S/C7H11N5.C2H6/c1-6(9-2)11-7(8)12-5-3-4-10-12;1-2/h3-5,9H,1H2,2H3,(H2,8,11);1-2H3. The Morgan fingerprint density at radius 2 is 2.21 bits per heavy atom. The van der Waals surface area contributed by atoms with Gasteiger partial charge in [0.15, 0.2) is 0 Å². The number of nitrogens with two attached hydrogens (primary N) is 1. The van der Waals surface area contributed by atoms with Gasteiger partial charge in [-0.3, -0.25) is 0 Å². The highest BCUT2D eigenvalue weighted by molar-refractivity contribution is 5.80. The molecule has 0 unspecified atom stereocenters. The molecule has 1 aromatic rings. The topological polar surface area (TPSA) is 68.2 Å². The van der Waals surface area contributed by atoms with Crippen LogP contribution in [0.3, 0.4) is 0 Å². The molecule has 0 aliphatic rings. The zero-order valence-electron chi connectivity index (χ0n) is 8.86. The van der Waals surface area contributed by atoms with Crippen molar-refractivity contribution in [1.29, 1.82) is 0 Å². The molecule has 1 aromatic heterocycles. The van der Waals surface area contributed by atoms with Crippen LogP contribution >= 0.6 is 0 Å². The minimum Gasteiger partial charge on any atom is -0.374 e. The molecule has 0 aromatic carbocycles. The highest BCUT2D eigenvalue weighted by Gasteiger charge is 1.94. The molecule has 14 heavy (non-hydrogen) atoms. The Labute approximate surface area is 84.3 Å². The van der Waals surface area contributed by atoms with Crippen LogP contribution in [0.15, 0.2) is 35.9 Å².